The molecule has 0 fully saturated rings. The molecule has 0 bridgehead atoms. The van der Waals surface area contributed by atoms with Gasteiger partial charge >= 0.3 is 0 Å². The summed E-state index contributed by atoms with van der Waals surface area (Å²) in [7, 11) is 2.00. The topological polar surface area (TPSA) is 133 Å². The van der Waals surface area contributed by atoms with Crippen molar-refractivity contribution in [1.29, 1.82) is 0 Å². The van der Waals surface area contributed by atoms with E-state index in [1.54, 1.807) is 18.2 Å². The number of nitrogens with zero attached hydrogens (tertiary/aromatic N) is 1. The van der Waals surface area contributed by atoms with E-state index in [2.05, 4.69) is 10.2 Å². The van der Waals surface area contributed by atoms with Gasteiger partial charge in [-0.15, -0.1) is 0 Å². The SMILES string of the molecule is CN1Cc2c(Cl)cc(Cl)cc2C(c2ccc(NC(=O)[C@H](O)[C@@H](O)[C@H](O)[C@H](O)CO)cc2)C1. The number of amides is 1. The Morgan fingerprint density at radius 3 is 2.41 bits per heavy atom. The second-order valence-corrected chi connectivity index (χ2v) is 8.84. The Balaban J connectivity index is 1.74. The standard InChI is InChI=1S/C22H26Cl2N2O6/c1-26-8-15(14-6-12(23)7-17(24)16(14)9-26)11-2-4-13(5-3-11)25-22(32)21(31)20(30)19(29)18(28)10-27/h2-7,15,18-21,27-31H,8-10H2,1H3,(H,25,32)/t15?,18-,19-,20+,21-/m1/s1. The Morgan fingerprint density at radius 2 is 1.78 bits per heavy atom. The third kappa shape index (κ3) is 5.41. The van der Waals surface area contributed by atoms with Gasteiger partial charge in [0.1, 0.15) is 18.3 Å². The van der Waals surface area contributed by atoms with E-state index in [0.29, 0.717) is 22.3 Å². The number of fused-ring (bicyclic) bond motifs is 1. The molecule has 0 saturated heterocycles. The molecule has 1 unspecified atom stereocenters. The zero-order valence-corrected chi connectivity index (χ0v) is 18.8. The number of halogens is 2. The summed E-state index contributed by atoms with van der Waals surface area (Å²) in [5.41, 5.74) is 3.42. The van der Waals surface area contributed by atoms with Crippen molar-refractivity contribution in [3.63, 3.8) is 0 Å². The minimum absolute atomic E-state index is 0.0206. The molecule has 0 radical (unpaired) electrons. The lowest BCUT2D eigenvalue weighted by Crippen LogP contribution is -2.50. The molecule has 0 spiro atoms. The van der Waals surface area contributed by atoms with Crippen LogP contribution in [-0.4, -0.2) is 81.0 Å². The monoisotopic (exact) mass is 484 g/mol. The predicted molar refractivity (Wildman–Crippen MR) is 121 cm³/mol. The number of hydrogen-bond donors (Lipinski definition) is 6. The van der Waals surface area contributed by atoms with E-state index < -0.39 is 36.9 Å². The summed E-state index contributed by atoms with van der Waals surface area (Å²) in [4.78, 5) is 14.4. The molecule has 1 aliphatic heterocycles. The smallest absolute Gasteiger partial charge is 0.256 e. The molecule has 0 saturated carbocycles. The predicted octanol–water partition coefficient (Wildman–Crippen LogP) is 0.945. The molecule has 0 aliphatic carbocycles. The number of aliphatic hydroxyl groups excluding tert-OH is 5. The van der Waals surface area contributed by atoms with Crippen LogP contribution in [0.4, 0.5) is 5.69 Å². The van der Waals surface area contributed by atoms with Gasteiger partial charge in [-0.25, -0.2) is 0 Å². The zero-order valence-electron chi connectivity index (χ0n) is 17.3. The Morgan fingerprint density at radius 1 is 1.12 bits per heavy atom. The summed E-state index contributed by atoms with van der Waals surface area (Å²) in [6.07, 6.45) is -7.55. The van der Waals surface area contributed by atoms with Crippen LogP contribution in [0.5, 0.6) is 0 Å². The number of rotatable bonds is 7. The third-order valence-corrected chi connectivity index (χ3v) is 6.15. The van der Waals surface area contributed by atoms with Gasteiger partial charge in [0, 0.05) is 34.7 Å². The van der Waals surface area contributed by atoms with E-state index in [-0.39, 0.29) is 5.92 Å². The second-order valence-electron chi connectivity index (χ2n) is 7.99. The number of carbonyl (C=O) groups is 1. The molecule has 6 N–H and O–H groups in total. The van der Waals surface area contributed by atoms with Crippen LogP contribution in [0.2, 0.25) is 10.0 Å². The third-order valence-electron chi connectivity index (χ3n) is 5.60. The molecular formula is C22H26Cl2N2O6. The Bertz CT molecular complexity index is 958. The van der Waals surface area contributed by atoms with Crippen LogP contribution < -0.4 is 5.32 Å². The minimum Gasteiger partial charge on any atom is -0.394 e. The quantitative estimate of drug-likeness (QED) is 0.344. The molecular weight excluding hydrogens is 459 g/mol. The maximum Gasteiger partial charge on any atom is 0.256 e. The minimum atomic E-state index is -2.01. The molecule has 32 heavy (non-hydrogen) atoms. The van der Waals surface area contributed by atoms with Crippen LogP contribution in [0, 0.1) is 0 Å². The Labute approximate surface area is 195 Å². The van der Waals surface area contributed by atoms with Crippen molar-refractivity contribution in [2.24, 2.45) is 0 Å². The van der Waals surface area contributed by atoms with Gasteiger partial charge in [0.15, 0.2) is 6.10 Å². The fraction of sp³-hybridized carbons (Fsp3) is 0.409. The highest BCUT2D eigenvalue weighted by molar-refractivity contribution is 6.35. The number of hydrogen-bond acceptors (Lipinski definition) is 7. The van der Waals surface area contributed by atoms with Crippen LogP contribution in [0.3, 0.4) is 0 Å². The lowest BCUT2D eigenvalue weighted by molar-refractivity contribution is -0.144. The van der Waals surface area contributed by atoms with E-state index in [0.717, 1.165) is 23.2 Å². The van der Waals surface area contributed by atoms with Gasteiger partial charge < -0.3 is 35.7 Å². The lowest BCUT2D eigenvalue weighted by Gasteiger charge is -2.33. The normalized spacial score (nSPS) is 20.2. The van der Waals surface area contributed by atoms with Crippen molar-refractivity contribution in [3.05, 3.63) is 63.1 Å². The fourth-order valence-corrected chi connectivity index (χ4v) is 4.39. The number of likely N-dealkylation sites (N-methyl/N-ethyl adjacent to an activating group) is 1. The molecule has 10 heteroatoms. The Kier molecular flexibility index (Phi) is 8.13. The number of anilines is 1. The van der Waals surface area contributed by atoms with Gasteiger partial charge in [0.2, 0.25) is 0 Å². The van der Waals surface area contributed by atoms with Gasteiger partial charge in [0.25, 0.3) is 5.91 Å². The molecule has 2 aromatic rings. The van der Waals surface area contributed by atoms with E-state index in [9.17, 15) is 25.2 Å². The fourth-order valence-electron chi connectivity index (χ4n) is 3.82. The highest BCUT2D eigenvalue weighted by atomic mass is 35.5. The summed E-state index contributed by atoms with van der Waals surface area (Å²) in [6.45, 7) is 0.641. The van der Waals surface area contributed by atoms with Gasteiger partial charge in [-0.05, 0) is 48.0 Å². The molecule has 5 atom stereocenters. The molecule has 1 heterocycles. The van der Waals surface area contributed by atoms with E-state index in [1.807, 2.05) is 25.2 Å². The number of carbonyl (C=O) groups excluding carboxylic acids is 1. The lowest BCUT2D eigenvalue weighted by atomic mass is 9.84. The van der Waals surface area contributed by atoms with E-state index in [1.165, 1.54) is 0 Å². The first-order chi connectivity index (χ1) is 15.1. The van der Waals surface area contributed by atoms with Gasteiger partial charge in [-0.2, -0.15) is 0 Å². The first kappa shape index (κ1) is 24.9. The van der Waals surface area contributed by atoms with Crippen molar-refractivity contribution < 1.29 is 30.3 Å². The summed E-state index contributed by atoms with van der Waals surface area (Å²) < 4.78 is 0. The summed E-state index contributed by atoms with van der Waals surface area (Å²) >= 11 is 12.6. The van der Waals surface area contributed by atoms with Gasteiger partial charge in [-0.1, -0.05) is 35.3 Å². The largest absolute Gasteiger partial charge is 0.394 e. The second kappa shape index (κ2) is 10.5. The van der Waals surface area contributed by atoms with Gasteiger partial charge in [0.05, 0.1) is 6.61 Å². The summed E-state index contributed by atoms with van der Waals surface area (Å²) in [6, 6.07) is 10.6. The molecule has 0 aromatic heterocycles. The summed E-state index contributed by atoms with van der Waals surface area (Å²) in [5, 5.41) is 51.3. The van der Waals surface area contributed by atoms with Crippen LogP contribution >= 0.6 is 23.2 Å². The molecule has 1 amide bonds. The number of aliphatic hydroxyl groups is 5. The number of benzene rings is 2. The maximum atomic E-state index is 12.2. The number of nitrogens with one attached hydrogen (secondary N) is 1. The average Bonchev–Trinajstić information content (AvgIpc) is 2.77. The van der Waals surface area contributed by atoms with E-state index >= 15 is 0 Å². The zero-order chi connectivity index (χ0) is 23.6. The van der Waals surface area contributed by atoms with Crippen LogP contribution in [0.15, 0.2) is 36.4 Å². The van der Waals surface area contributed by atoms with E-state index in [4.69, 9.17) is 28.3 Å². The van der Waals surface area contributed by atoms with Crippen molar-refractivity contribution >= 4 is 34.8 Å². The highest BCUT2D eigenvalue weighted by Gasteiger charge is 2.34. The van der Waals surface area contributed by atoms with Gasteiger partial charge in [-0.3, -0.25) is 4.79 Å². The van der Waals surface area contributed by atoms with Crippen molar-refractivity contribution in [2.45, 2.75) is 36.9 Å². The van der Waals surface area contributed by atoms with Crippen molar-refractivity contribution in [1.82, 2.24) is 4.90 Å². The van der Waals surface area contributed by atoms with Crippen LogP contribution in [0.25, 0.3) is 0 Å². The van der Waals surface area contributed by atoms with Crippen LogP contribution in [0.1, 0.15) is 22.6 Å². The first-order valence-corrected chi connectivity index (χ1v) is 10.8. The molecule has 1 aliphatic rings. The van der Waals surface area contributed by atoms with Crippen molar-refractivity contribution in [2.75, 3.05) is 25.5 Å². The summed E-state index contributed by atoms with van der Waals surface area (Å²) in [5.74, 6) is -0.942. The molecule has 3 rings (SSSR count). The first-order valence-electron chi connectivity index (χ1n) is 10.0. The Hall–Kier alpha value is -1.75. The van der Waals surface area contributed by atoms with Crippen LogP contribution in [-0.2, 0) is 11.3 Å². The maximum absolute atomic E-state index is 12.2. The highest BCUT2D eigenvalue weighted by Crippen LogP contribution is 2.38. The molecule has 8 nitrogen and oxygen atoms in total. The average molecular weight is 485 g/mol. The molecule has 2 aromatic carbocycles. The molecule has 174 valence electrons. The van der Waals surface area contributed by atoms with Crippen molar-refractivity contribution in [3.8, 4) is 0 Å².